The molecule has 1 aromatic heterocycles. The second kappa shape index (κ2) is 9.15. The summed E-state index contributed by atoms with van der Waals surface area (Å²) in [6, 6.07) is 11.3. The standard InChI is InChI=1S/C23H20N4O5S2/c28-20(24-16-7-3-4-8-18(16)27(31)32)12-33-23-25-17-10-9-13(11-19(17)34-23)26-21(29)14-5-1-2-6-15(14)22(26)30/h3-4,7-11,14-15H,1-2,5-6,12H2,(H,24,28)/t14-,15-/m0/s1. The van der Waals surface area contributed by atoms with Gasteiger partial charge in [-0.2, -0.15) is 0 Å². The van der Waals surface area contributed by atoms with Crippen molar-refractivity contribution < 1.29 is 19.3 Å². The molecule has 3 amide bonds. The lowest BCUT2D eigenvalue weighted by atomic mass is 9.81. The minimum Gasteiger partial charge on any atom is -0.320 e. The highest BCUT2D eigenvalue weighted by molar-refractivity contribution is 8.01. The molecule has 0 bridgehead atoms. The molecule has 174 valence electrons. The van der Waals surface area contributed by atoms with Gasteiger partial charge in [0.15, 0.2) is 4.34 Å². The van der Waals surface area contributed by atoms with Gasteiger partial charge in [0.1, 0.15) is 5.69 Å². The van der Waals surface area contributed by atoms with Crippen molar-refractivity contribution in [1.29, 1.82) is 0 Å². The first-order valence-electron chi connectivity index (χ1n) is 10.9. The zero-order valence-electron chi connectivity index (χ0n) is 17.9. The summed E-state index contributed by atoms with van der Waals surface area (Å²) >= 11 is 2.59. The summed E-state index contributed by atoms with van der Waals surface area (Å²) in [5.41, 5.74) is 1.25. The van der Waals surface area contributed by atoms with Crippen LogP contribution < -0.4 is 10.2 Å². The van der Waals surface area contributed by atoms with Crippen LogP contribution in [0.25, 0.3) is 10.2 Å². The third kappa shape index (κ3) is 4.16. The molecule has 2 aromatic carbocycles. The summed E-state index contributed by atoms with van der Waals surface area (Å²) in [6.45, 7) is 0. The molecule has 2 aliphatic rings. The highest BCUT2D eigenvalue weighted by Gasteiger charge is 2.48. The summed E-state index contributed by atoms with van der Waals surface area (Å²) in [5.74, 6) is -0.979. The van der Waals surface area contributed by atoms with Gasteiger partial charge in [0.05, 0.1) is 38.4 Å². The molecule has 1 aliphatic carbocycles. The number of imide groups is 1. The molecule has 5 rings (SSSR count). The number of fused-ring (bicyclic) bond motifs is 2. The number of hydrogen-bond acceptors (Lipinski definition) is 8. The van der Waals surface area contributed by atoms with Crippen molar-refractivity contribution in [3.63, 3.8) is 0 Å². The van der Waals surface area contributed by atoms with Gasteiger partial charge in [0.2, 0.25) is 17.7 Å². The fraction of sp³-hybridized carbons (Fsp3) is 0.304. The van der Waals surface area contributed by atoms with Crippen LogP contribution in [0.15, 0.2) is 46.8 Å². The van der Waals surface area contributed by atoms with E-state index in [-0.39, 0.29) is 46.7 Å². The highest BCUT2D eigenvalue weighted by atomic mass is 32.2. The summed E-state index contributed by atoms with van der Waals surface area (Å²) < 4.78 is 1.46. The highest BCUT2D eigenvalue weighted by Crippen LogP contribution is 2.41. The van der Waals surface area contributed by atoms with Crippen LogP contribution in [-0.4, -0.2) is 33.4 Å². The number of nitro benzene ring substituents is 1. The first-order chi connectivity index (χ1) is 16.4. The predicted molar refractivity (Wildman–Crippen MR) is 130 cm³/mol. The summed E-state index contributed by atoms with van der Waals surface area (Å²) in [7, 11) is 0. The number of nitrogens with zero attached hydrogens (tertiary/aromatic N) is 3. The van der Waals surface area contributed by atoms with Gasteiger partial charge >= 0.3 is 0 Å². The van der Waals surface area contributed by atoms with Crippen molar-refractivity contribution in [2.45, 2.75) is 30.0 Å². The average Bonchev–Trinajstić information content (AvgIpc) is 3.36. The smallest absolute Gasteiger partial charge is 0.292 e. The van der Waals surface area contributed by atoms with Crippen molar-refractivity contribution in [3.05, 3.63) is 52.6 Å². The van der Waals surface area contributed by atoms with Crippen LogP contribution in [0.2, 0.25) is 0 Å². The number of para-hydroxylation sites is 2. The van der Waals surface area contributed by atoms with Crippen molar-refractivity contribution in [2.75, 3.05) is 16.0 Å². The Kier molecular flexibility index (Phi) is 6.05. The number of anilines is 2. The summed E-state index contributed by atoms with van der Waals surface area (Å²) in [5, 5.41) is 13.7. The Balaban J connectivity index is 1.28. The molecule has 34 heavy (non-hydrogen) atoms. The van der Waals surface area contributed by atoms with Crippen molar-refractivity contribution in [3.8, 4) is 0 Å². The van der Waals surface area contributed by atoms with Gasteiger partial charge < -0.3 is 5.32 Å². The lowest BCUT2D eigenvalue weighted by Gasteiger charge is -2.19. The molecule has 1 saturated carbocycles. The molecule has 0 spiro atoms. The van der Waals surface area contributed by atoms with Crippen LogP contribution in [0.4, 0.5) is 17.1 Å². The molecule has 2 atom stereocenters. The number of carbonyl (C=O) groups is 3. The van der Waals surface area contributed by atoms with Gasteiger partial charge in [0, 0.05) is 6.07 Å². The van der Waals surface area contributed by atoms with Crippen LogP contribution in [0, 0.1) is 22.0 Å². The number of hydrogen-bond donors (Lipinski definition) is 1. The molecule has 1 N–H and O–H groups in total. The molecule has 2 fully saturated rings. The van der Waals surface area contributed by atoms with E-state index in [0.717, 1.165) is 30.4 Å². The van der Waals surface area contributed by atoms with Gasteiger partial charge in [-0.1, -0.05) is 36.7 Å². The van der Waals surface area contributed by atoms with Crippen molar-refractivity contribution in [1.82, 2.24) is 4.98 Å². The zero-order valence-corrected chi connectivity index (χ0v) is 19.6. The molecule has 11 heteroatoms. The number of nitro groups is 1. The maximum absolute atomic E-state index is 12.9. The van der Waals surface area contributed by atoms with Crippen LogP contribution in [-0.2, 0) is 14.4 Å². The number of thiazole rings is 1. The van der Waals surface area contributed by atoms with Gasteiger partial charge in [-0.15, -0.1) is 11.3 Å². The minimum absolute atomic E-state index is 0.0329. The Labute approximate surface area is 202 Å². The molecule has 9 nitrogen and oxygen atoms in total. The van der Waals surface area contributed by atoms with E-state index >= 15 is 0 Å². The number of benzene rings is 2. The van der Waals surface area contributed by atoms with Crippen LogP contribution >= 0.6 is 23.1 Å². The first kappa shape index (κ1) is 22.5. The number of amides is 3. The number of nitrogens with one attached hydrogen (secondary N) is 1. The molecule has 1 aliphatic heterocycles. The Morgan fingerprint density at radius 1 is 1.15 bits per heavy atom. The SMILES string of the molecule is O=C(CSc1nc2ccc(N3C(=O)[C@H]4CCCC[C@@H]4C3=O)cc2s1)Nc1ccccc1[N+](=O)[O-]. The largest absolute Gasteiger partial charge is 0.320 e. The fourth-order valence-corrected chi connectivity index (χ4v) is 6.46. The van der Waals surface area contributed by atoms with Crippen LogP contribution in [0.3, 0.4) is 0 Å². The number of carbonyl (C=O) groups excluding carboxylic acids is 3. The minimum atomic E-state index is -0.543. The second-order valence-corrected chi connectivity index (χ2v) is 10.5. The van der Waals surface area contributed by atoms with E-state index in [1.807, 2.05) is 0 Å². The summed E-state index contributed by atoms with van der Waals surface area (Å²) in [6.07, 6.45) is 3.49. The normalized spacial score (nSPS) is 19.9. The zero-order chi connectivity index (χ0) is 23.8. The third-order valence-corrected chi connectivity index (χ3v) is 8.31. The third-order valence-electron chi connectivity index (χ3n) is 6.15. The fourth-order valence-electron chi connectivity index (χ4n) is 4.56. The Morgan fingerprint density at radius 2 is 1.85 bits per heavy atom. The van der Waals surface area contributed by atoms with E-state index in [4.69, 9.17) is 0 Å². The number of thioether (sulfide) groups is 1. The van der Waals surface area contributed by atoms with Gasteiger partial charge in [-0.25, -0.2) is 4.98 Å². The monoisotopic (exact) mass is 496 g/mol. The first-order valence-corrected chi connectivity index (χ1v) is 12.7. The number of rotatable bonds is 6. The molecule has 2 heterocycles. The van der Waals surface area contributed by atoms with E-state index in [2.05, 4.69) is 10.3 Å². The van der Waals surface area contributed by atoms with E-state index < -0.39 is 4.92 Å². The van der Waals surface area contributed by atoms with Gasteiger partial charge in [0.25, 0.3) is 5.69 Å². The van der Waals surface area contributed by atoms with Crippen molar-refractivity contribution in [2.24, 2.45) is 11.8 Å². The lowest BCUT2D eigenvalue weighted by Crippen LogP contribution is -2.30. The quantitative estimate of drug-likeness (QED) is 0.229. The van der Waals surface area contributed by atoms with E-state index in [9.17, 15) is 24.5 Å². The van der Waals surface area contributed by atoms with E-state index in [0.29, 0.717) is 15.5 Å². The molecule has 1 saturated heterocycles. The van der Waals surface area contributed by atoms with E-state index in [1.54, 1.807) is 24.3 Å². The van der Waals surface area contributed by atoms with Crippen molar-refractivity contribution >= 4 is 68.1 Å². The molecule has 0 unspecified atom stereocenters. The van der Waals surface area contributed by atoms with Gasteiger partial charge in [-0.05, 0) is 37.1 Å². The lowest BCUT2D eigenvalue weighted by molar-refractivity contribution is -0.383. The maximum atomic E-state index is 12.9. The maximum Gasteiger partial charge on any atom is 0.292 e. The van der Waals surface area contributed by atoms with Gasteiger partial charge in [-0.3, -0.25) is 29.4 Å². The Bertz CT molecular complexity index is 1300. The Hall–Kier alpha value is -3.31. The molecular formula is C23H20N4O5S2. The molecule has 0 radical (unpaired) electrons. The summed E-state index contributed by atoms with van der Waals surface area (Å²) in [4.78, 5) is 54.5. The predicted octanol–water partition coefficient (Wildman–Crippen LogP) is 4.61. The second-order valence-electron chi connectivity index (χ2n) is 8.25. The van der Waals surface area contributed by atoms with Crippen LogP contribution in [0.1, 0.15) is 25.7 Å². The van der Waals surface area contributed by atoms with E-state index in [1.165, 1.54) is 46.2 Å². The Morgan fingerprint density at radius 3 is 2.56 bits per heavy atom. The topological polar surface area (TPSA) is 123 Å². The number of aromatic nitrogens is 1. The molecular weight excluding hydrogens is 476 g/mol. The average molecular weight is 497 g/mol. The van der Waals surface area contributed by atoms with Crippen LogP contribution in [0.5, 0.6) is 0 Å². The molecule has 3 aromatic rings.